The number of hydrogen-bond donors (Lipinski definition) is 3. The van der Waals surface area contributed by atoms with Crippen LogP contribution in [0.3, 0.4) is 0 Å². The van der Waals surface area contributed by atoms with Gasteiger partial charge in [-0.15, -0.1) is 16.9 Å². The number of rotatable bonds is 9. The summed E-state index contributed by atoms with van der Waals surface area (Å²) in [4.78, 5) is 54.6. The van der Waals surface area contributed by atoms with Crippen molar-refractivity contribution >= 4 is 35.3 Å². The molecule has 200 valence electrons. The standard InChI is InChI=1S/C23H32N8O5S/c1-11(5-14(32)9-30-10-26-27-28-30)17-18-12(2)20(19(23(35)36)31(18)22(17)34)37-15-6-16(25-7-15)21(33)29-4-3-13(24)8-29/h10-13,15-18,25H,3-9,24H2,1-2H3,(H,35,36)/t11-,12+,13-,15-,16-,17+,18+/m0/s1. The van der Waals surface area contributed by atoms with Gasteiger partial charge in [0.2, 0.25) is 11.8 Å². The number of tetrazole rings is 1. The highest BCUT2D eigenvalue weighted by Crippen LogP contribution is 2.53. The molecule has 0 aliphatic carbocycles. The highest BCUT2D eigenvalue weighted by molar-refractivity contribution is 8.03. The van der Waals surface area contributed by atoms with Gasteiger partial charge in [0.05, 0.1) is 18.0 Å². The number of likely N-dealkylation sites (tertiary alicyclic amines) is 1. The van der Waals surface area contributed by atoms with E-state index in [0.29, 0.717) is 31.0 Å². The molecule has 14 heteroatoms. The molecule has 3 saturated heterocycles. The second kappa shape index (κ2) is 10.1. The number of carboxylic acid groups (broad SMARTS) is 1. The molecular weight excluding hydrogens is 500 g/mol. The molecule has 0 saturated carbocycles. The quantitative estimate of drug-likeness (QED) is 0.335. The van der Waals surface area contributed by atoms with Crippen molar-refractivity contribution in [3.05, 3.63) is 16.9 Å². The van der Waals surface area contributed by atoms with Crippen LogP contribution in [0.4, 0.5) is 0 Å². The van der Waals surface area contributed by atoms with E-state index in [1.807, 2.05) is 13.8 Å². The van der Waals surface area contributed by atoms with Gasteiger partial charge in [-0.05, 0) is 29.2 Å². The van der Waals surface area contributed by atoms with Crippen molar-refractivity contribution in [1.29, 1.82) is 0 Å². The van der Waals surface area contributed by atoms with Crippen LogP contribution in [-0.4, -0.2) is 102 Å². The summed E-state index contributed by atoms with van der Waals surface area (Å²) in [5, 5.41) is 24.1. The first-order valence-corrected chi connectivity index (χ1v) is 13.5. The van der Waals surface area contributed by atoms with E-state index in [1.54, 1.807) is 4.90 Å². The summed E-state index contributed by atoms with van der Waals surface area (Å²) in [7, 11) is 0. The predicted molar refractivity (Wildman–Crippen MR) is 132 cm³/mol. The van der Waals surface area contributed by atoms with Crippen molar-refractivity contribution < 1.29 is 24.3 Å². The molecule has 3 fully saturated rings. The number of aromatic nitrogens is 4. The molecule has 5 heterocycles. The summed E-state index contributed by atoms with van der Waals surface area (Å²) in [5.74, 6) is -2.29. The number of β-lactam (4-membered cyclic amide) rings is 1. The number of carboxylic acids is 1. The van der Waals surface area contributed by atoms with Gasteiger partial charge in [0.1, 0.15) is 18.6 Å². The number of hydrogen-bond acceptors (Lipinski definition) is 10. The van der Waals surface area contributed by atoms with Gasteiger partial charge in [-0.2, -0.15) is 0 Å². The third kappa shape index (κ3) is 4.77. The molecule has 0 spiro atoms. The maximum absolute atomic E-state index is 13.1. The van der Waals surface area contributed by atoms with Gasteiger partial charge < -0.3 is 26.0 Å². The molecule has 2 amide bonds. The molecule has 5 rings (SSSR count). The maximum atomic E-state index is 13.1. The number of carbonyl (C=O) groups excluding carboxylic acids is 3. The molecule has 4 aliphatic rings. The van der Waals surface area contributed by atoms with Gasteiger partial charge >= 0.3 is 5.97 Å². The van der Waals surface area contributed by atoms with Gasteiger partial charge in [0.15, 0.2) is 5.78 Å². The van der Waals surface area contributed by atoms with E-state index in [1.165, 1.54) is 27.7 Å². The molecule has 0 bridgehead atoms. The second-order valence-corrected chi connectivity index (χ2v) is 11.9. The maximum Gasteiger partial charge on any atom is 0.353 e. The Kier molecular flexibility index (Phi) is 7.07. The van der Waals surface area contributed by atoms with Crippen LogP contribution in [0.25, 0.3) is 0 Å². The molecule has 1 aromatic rings. The Balaban J connectivity index is 1.23. The van der Waals surface area contributed by atoms with Crippen molar-refractivity contribution in [3.8, 4) is 0 Å². The fraction of sp³-hybridized carbons (Fsp3) is 0.696. The van der Waals surface area contributed by atoms with E-state index < -0.39 is 11.9 Å². The first kappa shape index (κ1) is 25.8. The number of carbonyl (C=O) groups is 4. The zero-order chi connectivity index (χ0) is 26.4. The van der Waals surface area contributed by atoms with Crippen LogP contribution in [0, 0.1) is 17.8 Å². The number of Topliss-reactive ketones (excluding diaryl/α,β-unsaturated/α-hetero) is 1. The molecule has 0 aromatic carbocycles. The van der Waals surface area contributed by atoms with Gasteiger partial charge in [0.25, 0.3) is 0 Å². The molecule has 37 heavy (non-hydrogen) atoms. The molecule has 1 aromatic heterocycles. The van der Waals surface area contributed by atoms with E-state index in [0.717, 1.165) is 6.42 Å². The summed E-state index contributed by atoms with van der Waals surface area (Å²) in [6, 6.07) is -0.591. The van der Waals surface area contributed by atoms with Crippen LogP contribution in [0.15, 0.2) is 16.9 Å². The van der Waals surface area contributed by atoms with Crippen LogP contribution >= 0.6 is 11.8 Å². The van der Waals surface area contributed by atoms with Crippen LogP contribution in [0.5, 0.6) is 0 Å². The number of thioether (sulfide) groups is 1. The van der Waals surface area contributed by atoms with Gasteiger partial charge in [0, 0.05) is 48.2 Å². The van der Waals surface area contributed by atoms with E-state index in [4.69, 9.17) is 5.73 Å². The van der Waals surface area contributed by atoms with E-state index in [9.17, 15) is 24.3 Å². The van der Waals surface area contributed by atoms with Crippen LogP contribution in [0.2, 0.25) is 0 Å². The van der Waals surface area contributed by atoms with Gasteiger partial charge in [-0.3, -0.25) is 14.4 Å². The smallest absolute Gasteiger partial charge is 0.353 e. The molecule has 0 radical (unpaired) electrons. The average molecular weight is 533 g/mol. The van der Waals surface area contributed by atoms with E-state index in [2.05, 4.69) is 20.8 Å². The number of amides is 2. The third-order valence-corrected chi connectivity index (χ3v) is 9.41. The first-order valence-electron chi connectivity index (χ1n) is 12.6. The molecule has 13 nitrogen and oxygen atoms in total. The fourth-order valence-electron chi connectivity index (χ4n) is 6.12. The minimum absolute atomic E-state index is 0.0135. The second-order valence-electron chi connectivity index (χ2n) is 10.5. The van der Waals surface area contributed by atoms with Crippen molar-refractivity contribution in [3.63, 3.8) is 0 Å². The number of aliphatic carboxylic acids is 1. The lowest BCUT2D eigenvalue weighted by atomic mass is 9.73. The molecule has 4 N–H and O–H groups in total. The van der Waals surface area contributed by atoms with Crippen LogP contribution in [0.1, 0.15) is 33.1 Å². The lowest BCUT2D eigenvalue weighted by molar-refractivity contribution is -0.160. The molecule has 0 unspecified atom stereocenters. The number of fused-ring (bicyclic) bond motifs is 1. The summed E-state index contributed by atoms with van der Waals surface area (Å²) < 4.78 is 1.34. The number of nitrogens with two attached hydrogens (primary N) is 1. The van der Waals surface area contributed by atoms with Gasteiger partial charge in [-0.1, -0.05) is 13.8 Å². The van der Waals surface area contributed by atoms with Crippen molar-refractivity contribution in [2.24, 2.45) is 23.5 Å². The Labute approximate surface area is 218 Å². The minimum Gasteiger partial charge on any atom is -0.477 e. The SMILES string of the molecule is C[C@@H](CC(=O)Cn1cnnn1)[C@H]1C(=O)N2C(C(=O)O)=C(S[C@@H]3CN[C@H](C(=O)N4CC[C@H](N)C4)C3)[C@H](C)[C@H]12. The van der Waals surface area contributed by atoms with E-state index in [-0.39, 0.29) is 71.5 Å². The summed E-state index contributed by atoms with van der Waals surface area (Å²) in [6.07, 6.45) is 2.93. The van der Waals surface area contributed by atoms with Crippen molar-refractivity contribution in [2.45, 2.75) is 63.0 Å². The van der Waals surface area contributed by atoms with Crippen molar-refractivity contribution in [2.75, 3.05) is 19.6 Å². The Morgan fingerprint density at radius 1 is 1.35 bits per heavy atom. The highest BCUT2D eigenvalue weighted by atomic mass is 32.2. The monoisotopic (exact) mass is 532 g/mol. The highest BCUT2D eigenvalue weighted by Gasteiger charge is 2.60. The van der Waals surface area contributed by atoms with Crippen molar-refractivity contribution in [1.82, 2.24) is 35.3 Å². The average Bonchev–Trinajstić information content (AvgIpc) is 3.63. The zero-order valence-corrected chi connectivity index (χ0v) is 21.6. The predicted octanol–water partition coefficient (Wildman–Crippen LogP) is -0.935. The largest absolute Gasteiger partial charge is 0.477 e. The zero-order valence-electron chi connectivity index (χ0n) is 20.8. The number of ketones is 1. The summed E-state index contributed by atoms with van der Waals surface area (Å²) in [6.45, 7) is 5.64. The van der Waals surface area contributed by atoms with Gasteiger partial charge in [-0.25, -0.2) is 9.48 Å². The Morgan fingerprint density at radius 3 is 2.78 bits per heavy atom. The molecule has 4 aliphatic heterocycles. The fourth-order valence-corrected chi connectivity index (χ4v) is 7.60. The first-order chi connectivity index (χ1) is 17.7. The lowest BCUT2D eigenvalue weighted by Gasteiger charge is -2.47. The molecule has 7 atom stereocenters. The summed E-state index contributed by atoms with van der Waals surface area (Å²) in [5.41, 5.74) is 5.99. The summed E-state index contributed by atoms with van der Waals surface area (Å²) >= 11 is 1.46. The Bertz CT molecular complexity index is 1130. The van der Waals surface area contributed by atoms with Crippen LogP contribution in [-0.2, 0) is 25.7 Å². The normalized spacial score (nSPS) is 32.0. The van der Waals surface area contributed by atoms with Crippen LogP contribution < -0.4 is 11.1 Å². The third-order valence-electron chi connectivity index (χ3n) is 7.90. The lowest BCUT2D eigenvalue weighted by Crippen LogP contribution is -2.62. The number of nitrogens with one attached hydrogen (secondary N) is 1. The van der Waals surface area contributed by atoms with E-state index >= 15 is 0 Å². The Morgan fingerprint density at radius 2 is 2.14 bits per heavy atom. The molecular formula is C23H32N8O5S. The topological polar surface area (TPSA) is 177 Å². The Hall–Kier alpha value is -2.84. The minimum atomic E-state index is -1.13. The number of nitrogens with zero attached hydrogens (tertiary/aromatic N) is 6.